The highest BCUT2D eigenvalue weighted by Gasteiger charge is 2.07. The third-order valence-electron chi connectivity index (χ3n) is 1.45. The molecule has 12 heavy (non-hydrogen) atoms. The maximum Gasteiger partial charge on any atom is 0.513 e. The summed E-state index contributed by atoms with van der Waals surface area (Å²) in [5, 5.41) is 0. The van der Waals surface area contributed by atoms with Gasteiger partial charge < -0.3 is 9.47 Å². The van der Waals surface area contributed by atoms with Gasteiger partial charge in [-0.15, -0.1) is 0 Å². The molecule has 0 saturated heterocycles. The van der Waals surface area contributed by atoms with Gasteiger partial charge in [0.15, 0.2) is 0 Å². The largest absolute Gasteiger partial charge is 0.513 e. The molecule has 0 aromatic heterocycles. The quantitative estimate of drug-likeness (QED) is 0.594. The Balaban J connectivity index is 2.34. The number of hydrogen-bond donors (Lipinski definition) is 0. The van der Waals surface area contributed by atoms with Crippen molar-refractivity contribution in [2.45, 2.75) is 19.8 Å². The van der Waals surface area contributed by atoms with E-state index in [4.69, 9.17) is 4.74 Å². The zero-order chi connectivity index (χ0) is 8.81. The Kier molecular flexibility index (Phi) is 3.38. The van der Waals surface area contributed by atoms with Crippen molar-refractivity contribution in [1.82, 2.24) is 0 Å². The van der Waals surface area contributed by atoms with Gasteiger partial charge in [-0.1, -0.05) is 12.2 Å². The van der Waals surface area contributed by atoms with Gasteiger partial charge in [0.25, 0.3) is 0 Å². The first-order valence-corrected chi connectivity index (χ1v) is 4.03. The van der Waals surface area contributed by atoms with Crippen molar-refractivity contribution in [2.75, 3.05) is 6.61 Å². The minimum atomic E-state index is -0.612. The molecule has 0 heterocycles. The zero-order valence-electron chi connectivity index (χ0n) is 7.08. The van der Waals surface area contributed by atoms with Crippen molar-refractivity contribution in [3.63, 3.8) is 0 Å². The molecule has 1 aliphatic carbocycles. The van der Waals surface area contributed by atoms with E-state index in [1.54, 1.807) is 13.0 Å². The monoisotopic (exact) mass is 168 g/mol. The first-order chi connectivity index (χ1) is 5.83. The molecule has 0 radical (unpaired) electrons. The Morgan fingerprint density at radius 3 is 3.08 bits per heavy atom. The minimum absolute atomic E-state index is 0.349. The van der Waals surface area contributed by atoms with E-state index in [1.807, 2.05) is 12.2 Å². The van der Waals surface area contributed by atoms with Crippen LogP contribution in [-0.2, 0) is 9.47 Å². The van der Waals surface area contributed by atoms with Crippen LogP contribution in [0.1, 0.15) is 19.8 Å². The van der Waals surface area contributed by atoms with Crippen molar-refractivity contribution in [3.05, 3.63) is 24.0 Å². The van der Waals surface area contributed by atoms with Crippen molar-refractivity contribution in [1.29, 1.82) is 0 Å². The highest BCUT2D eigenvalue weighted by molar-refractivity contribution is 5.61. The van der Waals surface area contributed by atoms with Gasteiger partial charge in [-0.3, -0.25) is 0 Å². The molecule has 0 aliphatic heterocycles. The van der Waals surface area contributed by atoms with E-state index in [-0.39, 0.29) is 0 Å². The molecule has 0 aromatic carbocycles. The van der Waals surface area contributed by atoms with Crippen LogP contribution < -0.4 is 0 Å². The molecule has 0 aromatic rings. The lowest BCUT2D eigenvalue weighted by Crippen LogP contribution is -2.07. The molecule has 0 amide bonds. The fourth-order valence-electron chi connectivity index (χ4n) is 0.920. The Morgan fingerprint density at radius 1 is 1.67 bits per heavy atom. The second-order valence-electron chi connectivity index (χ2n) is 2.38. The van der Waals surface area contributed by atoms with Crippen LogP contribution in [-0.4, -0.2) is 12.8 Å². The Labute approximate surface area is 71.7 Å². The summed E-state index contributed by atoms with van der Waals surface area (Å²) in [7, 11) is 0. The smallest absolute Gasteiger partial charge is 0.434 e. The van der Waals surface area contributed by atoms with Crippen LogP contribution >= 0.6 is 0 Å². The molecular weight excluding hydrogens is 156 g/mol. The maximum absolute atomic E-state index is 10.8. The van der Waals surface area contributed by atoms with E-state index in [1.165, 1.54) is 0 Å². The maximum atomic E-state index is 10.8. The number of allylic oxidation sites excluding steroid dienone is 4. The minimum Gasteiger partial charge on any atom is -0.434 e. The molecular formula is C9H12O3. The molecule has 66 valence electrons. The fourth-order valence-corrected chi connectivity index (χ4v) is 0.920. The topological polar surface area (TPSA) is 35.5 Å². The van der Waals surface area contributed by atoms with Gasteiger partial charge in [-0.25, -0.2) is 4.79 Å². The molecule has 0 spiro atoms. The Hall–Kier alpha value is -1.25. The van der Waals surface area contributed by atoms with Gasteiger partial charge in [0, 0.05) is 6.42 Å². The summed E-state index contributed by atoms with van der Waals surface area (Å²) in [6.07, 6.45) is 6.76. The highest BCUT2D eigenvalue weighted by Crippen LogP contribution is 2.13. The van der Waals surface area contributed by atoms with E-state index in [9.17, 15) is 4.79 Å². The number of carbonyl (C=O) groups is 1. The fraction of sp³-hybridized carbons (Fsp3) is 0.444. The van der Waals surface area contributed by atoms with E-state index >= 15 is 0 Å². The first-order valence-electron chi connectivity index (χ1n) is 4.03. The average molecular weight is 168 g/mol. The molecule has 0 fully saturated rings. The lowest BCUT2D eigenvalue weighted by molar-refractivity contribution is 0.0794. The molecule has 0 unspecified atom stereocenters. The summed E-state index contributed by atoms with van der Waals surface area (Å²) < 4.78 is 9.50. The van der Waals surface area contributed by atoms with E-state index in [0.29, 0.717) is 12.4 Å². The molecule has 3 nitrogen and oxygen atoms in total. The number of carbonyl (C=O) groups excluding carboxylic acids is 1. The van der Waals surface area contributed by atoms with E-state index in [0.717, 1.165) is 12.8 Å². The average Bonchev–Trinajstić information content (AvgIpc) is 2.06. The van der Waals surface area contributed by atoms with Gasteiger partial charge in [-0.2, -0.15) is 0 Å². The highest BCUT2D eigenvalue weighted by atomic mass is 16.7. The lowest BCUT2D eigenvalue weighted by atomic mass is 10.2. The van der Waals surface area contributed by atoms with Crippen LogP contribution in [0.15, 0.2) is 24.0 Å². The molecule has 0 bridgehead atoms. The molecule has 0 atom stereocenters. The lowest BCUT2D eigenvalue weighted by Gasteiger charge is -2.08. The molecule has 0 N–H and O–H groups in total. The SMILES string of the molecule is CCOC(=O)OC1=CC=CCC1. The summed E-state index contributed by atoms with van der Waals surface area (Å²) in [6, 6.07) is 0. The summed E-state index contributed by atoms with van der Waals surface area (Å²) in [5.74, 6) is 0.677. The van der Waals surface area contributed by atoms with Crippen molar-refractivity contribution < 1.29 is 14.3 Å². The molecule has 0 saturated carbocycles. The van der Waals surface area contributed by atoms with Crippen molar-refractivity contribution in [2.24, 2.45) is 0 Å². The second kappa shape index (κ2) is 4.59. The van der Waals surface area contributed by atoms with Crippen LogP contribution in [0, 0.1) is 0 Å². The summed E-state index contributed by atoms with van der Waals surface area (Å²) >= 11 is 0. The molecule has 3 heteroatoms. The first kappa shape index (κ1) is 8.84. The van der Waals surface area contributed by atoms with E-state index < -0.39 is 6.16 Å². The predicted molar refractivity (Wildman–Crippen MR) is 44.6 cm³/mol. The number of rotatable bonds is 2. The van der Waals surface area contributed by atoms with Crippen LogP contribution in [0.3, 0.4) is 0 Å². The number of ether oxygens (including phenoxy) is 2. The third kappa shape index (κ3) is 2.78. The number of hydrogen-bond acceptors (Lipinski definition) is 3. The Morgan fingerprint density at radius 2 is 2.50 bits per heavy atom. The van der Waals surface area contributed by atoms with Crippen LogP contribution in [0.5, 0.6) is 0 Å². The zero-order valence-corrected chi connectivity index (χ0v) is 7.08. The molecule has 1 aliphatic rings. The van der Waals surface area contributed by atoms with Gasteiger partial charge >= 0.3 is 6.16 Å². The second-order valence-corrected chi connectivity index (χ2v) is 2.38. The van der Waals surface area contributed by atoms with Crippen molar-refractivity contribution in [3.8, 4) is 0 Å². The van der Waals surface area contributed by atoms with Crippen LogP contribution in [0.25, 0.3) is 0 Å². The summed E-state index contributed by atoms with van der Waals surface area (Å²) in [4.78, 5) is 10.8. The van der Waals surface area contributed by atoms with Gasteiger partial charge in [0.2, 0.25) is 0 Å². The van der Waals surface area contributed by atoms with Crippen LogP contribution in [0.2, 0.25) is 0 Å². The van der Waals surface area contributed by atoms with Crippen LogP contribution in [0.4, 0.5) is 4.79 Å². The van der Waals surface area contributed by atoms with E-state index in [2.05, 4.69) is 4.74 Å². The molecule has 1 rings (SSSR count). The van der Waals surface area contributed by atoms with Gasteiger partial charge in [0.05, 0.1) is 6.61 Å². The van der Waals surface area contributed by atoms with Gasteiger partial charge in [-0.05, 0) is 19.4 Å². The normalized spacial score (nSPS) is 15.2. The van der Waals surface area contributed by atoms with Gasteiger partial charge in [0.1, 0.15) is 5.76 Å². The summed E-state index contributed by atoms with van der Waals surface area (Å²) in [6.45, 7) is 2.10. The van der Waals surface area contributed by atoms with Crippen molar-refractivity contribution >= 4 is 6.16 Å². The predicted octanol–water partition coefficient (Wildman–Crippen LogP) is 2.39. The Bertz CT molecular complexity index is 216. The third-order valence-corrected chi connectivity index (χ3v) is 1.45. The summed E-state index contributed by atoms with van der Waals surface area (Å²) in [5.41, 5.74) is 0. The standard InChI is InChI=1S/C9H12O3/c1-2-11-9(10)12-8-6-4-3-5-7-8/h3-4,6H,2,5,7H2,1H3.